The summed E-state index contributed by atoms with van der Waals surface area (Å²) in [7, 11) is 3.05. The first-order valence-corrected chi connectivity index (χ1v) is 13.7. The van der Waals surface area contributed by atoms with Gasteiger partial charge in [-0.15, -0.1) is 0 Å². The molecule has 0 saturated carbocycles. The summed E-state index contributed by atoms with van der Waals surface area (Å²) in [5.74, 6) is 1.62. The third-order valence-corrected chi connectivity index (χ3v) is 7.60. The number of rotatable bonds is 10. The molecular weight excluding hydrogens is 565 g/mol. The lowest BCUT2D eigenvalue weighted by atomic mass is 10.0. The molecule has 212 valence electrons. The molecule has 0 radical (unpaired) electrons. The summed E-state index contributed by atoms with van der Waals surface area (Å²) in [4.78, 5) is 26.5. The van der Waals surface area contributed by atoms with Crippen molar-refractivity contribution in [2.45, 2.75) is 25.8 Å². The number of aromatic nitrogens is 3. The third kappa shape index (κ3) is 5.93. The smallest absolute Gasteiger partial charge is 0.227 e. The Morgan fingerprint density at radius 3 is 2.59 bits per heavy atom. The molecule has 1 unspecified atom stereocenters. The van der Waals surface area contributed by atoms with E-state index in [2.05, 4.69) is 22.2 Å². The highest BCUT2D eigenvalue weighted by Crippen LogP contribution is 2.46. The highest BCUT2D eigenvalue weighted by molar-refractivity contribution is 6.41. The molecule has 3 heterocycles. The van der Waals surface area contributed by atoms with Crippen LogP contribution in [0.4, 0.5) is 17.5 Å². The van der Waals surface area contributed by atoms with E-state index in [1.54, 1.807) is 12.3 Å². The van der Waals surface area contributed by atoms with Crippen LogP contribution in [0.2, 0.25) is 10.0 Å². The van der Waals surface area contributed by atoms with Crippen LogP contribution < -0.4 is 20.1 Å². The SMILES string of the molecule is C=CC(=O)Cc1cccc(C)c1Nc1ncc2cc(-c3c(Cl)c(OC)cc(OC)c3Cl)nc(NC3CCOC3)c2n1. The number of aryl methyl sites for hydroxylation is 1. The summed E-state index contributed by atoms with van der Waals surface area (Å²) in [6.07, 6.45) is 4.06. The fraction of sp³-hybridized carbons (Fsp3) is 0.267. The molecule has 0 aliphatic carbocycles. The maximum Gasteiger partial charge on any atom is 0.227 e. The van der Waals surface area contributed by atoms with E-state index in [1.807, 2.05) is 31.2 Å². The van der Waals surface area contributed by atoms with Crippen molar-refractivity contribution < 1.29 is 19.0 Å². The Bertz CT molecular complexity index is 1610. The van der Waals surface area contributed by atoms with Gasteiger partial charge in [0, 0.05) is 41.9 Å². The molecule has 4 aromatic rings. The number of hydrogen-bond acceptors (Lipinski definition) is 9. The molecule has 1 aliphatic rings. The van der Waals surface area contributed by atoms with Crippen molar-refractivity contribution in [3.8, 4) is 22.8 Å². The molecule has 5 rings (SSSR count). The number of pyridine rings is 1. The number of fused-ring (bicyclic) bond motifs is 1. The second-order valence-corrected chi connectivity index (χ2v) is 10.3. The lowest BCUT2D eigenvalue weighted by Gasteiger charge is -2.18. The number of halogens is 2. The first-order valence-electron chi connectivity index (χ1n) is 13.0. The van der Waals surface area contributed by atoms with Crippen molar-refractivity contribution in [1.82, 2.24) is 15.0 Å². The van der Waals surface area contributed by atoms with Gasteiger partial charge >= 0.3 is 0 Å². The Labute approximate surface area is 247 Å². The van der Waals surface area contributed by atoms with E-state index in [1.165, 1.54) is 20.3 Å². The van der Waals surface area contributed by atoms with Gasteiger partial charge in [-0.1, -0.05) is 48.0 Å². The Hall–Kier alpha value is -3.92. The zero-order valence-corrected chi connectivity index (χ0v) is 24.4. The largest absolute Gasteiger partial charge is 0.495 e. The van der Waals surface area contributed by atoms with Gasteiger partial charge in [-0.25, -0.2) is 15.0 Å². The molecular formula is C30H29Cl2N5O4. The maximum atomic E-state index is 12.1. The van der Waals surface area contributed by atoms with Crippen molar-refractivity contribution >= 4 is 57.3 Å². The summed E-state index contributed by atoms with van der Waals surface area (Å²) in [6.45, 7) is 6.75. The van der Waals surface area contributed by atoms with E-state index >= 15 is 0 Å². The zero-order valence-electron chi connectivity index (χ0n) is 22.9. The molecule has 1 fully saturated rings. The van der Waals surface area contributed by atoms with Gasteiger partial charge in [-0.05, 0) is 36.6 Å². The molecule has 1 atom stereocenters. The minimum absolute atomic E-state index is 0.0472. The summed E-state index contributed by atoms with van der Waals surface area (Å²) in [5.41, 5.74) is 4.11. The number of carbonyl (C=O) groups excluding carboxylic acids is 1. The Morgan fingerprint density at radius 1 is 1.17 bits per heavy atom. The first kappa shape index (κ1) is 28.6. The molecule has 2 aromatic carbocycles. The summed E-state index contributed by atoms with van der Waals surface area (Å²) in [6, 6.07) is 9.27. The number of anilines is 3. The fourth-order valence-corrected chi connectivity index (χ4v) is 5.40. The number of allylic oxidation sites excluding steroid dienone is 1. The second-order valence-electron chi connectivity index (χ2n) is 9.56. The van der Waals surface area contributed by atoms with Crippen LogP contribution in [0.5, 0.6) is 11.5 Å². The maximum absolute atomic E-state index is 12.1. The first-order chi connectivity index (χ1) is 19.8. The van der Waals surface area contributed by atoms with Crippen molar-refractivity contribution in [3.05, 3.63) is 70.4 Å². The minimum Gasteiger partial charge on any atom is -0.495 e. The van der Waals surface area contributed by atoms with Crippen LogP contribution >= 0.6 is 23.2 Å². The number of nitrogens with one attached hydrogen (secondary N) is 2. The standard InChI is InChI=1S/C30H29Cl2N5O4/c1-5-20(38)11-17-8-6-7-16(2)27(17)36-30-33-14-18-12-21(24-25(31)22(39-3)13-23(40-4)26(24)32)35-29(28(18)37-30)34-19-9-10-41-15-19/h5-8,12-14,19H,1,9-11,15H2,2-4H3,(H,34,35)(H,33,36,37). The average molecular weight is 594 g/mol. The van der Waals surface area contributed by atoms with E-state index in [0.29, 0.717) is 68.7 Å². The lowest BCUT2D eigenvalue weighted by molar-refractivity contribution is -0.114. The van der Waals surface area contributed by atoms with Gasteiger partial charge in [0.25, 0.3) is 0 Å². The normalized spacial score (nSPS) is 14.6. The highest BCUT2D eigenvalue weighted by atomic mass is 35.5. The molecule has 2 aromatic heterocycles. The number of carbonyl (C=O) groups is 1. The number of nitrogens with zero attached hydrogens (tertiary/aromatic N) is 3. The molecule has 11 heteroatoms. The van der Waals surface area contributed by atoms with Crippen molar-refractivity contribution in [2.75, 3.05) is 38.1 Å². The van der Waals surface area contributed by atoms with Crippen LogP contribution in [0.25, 0.3) is 22.2 Å². The summed E-state index contributed by atoms with van der Waals surface area (Å²) in [5, 5.41) is 8.12. The molecule has 1 saturated heterocycles. The summed E-state index contributed by atoms with van der Waals surface area (Å²) < 4.78 is 16.5. The fourth-order valence-electron chi connectivity index (χ4n) is 4.71. The van der Waals surface area contributed by atoms with Crippen LogP contribution in [0, 0.1) is 6.92 Å². The van der Waals surface area contributed by atoms with Gasteiger partial charge in [0.05, 0.1) is 42.6 Å². The Balaban J connectivity index is 1.63. The number of ether oxygens (including phenoxy) is 3. The van der Waals surface area contributed by atoms with Gasteiger partial charge in [0.1, 0.15) is 17.0 Å². The van der Waals surface area contributed by atoms with E-state index in [9.17, 15) is 4.79 Å². The van der Waals surface area contributed by atoms with Gasteiger partial charge in [-0.3, -0.25) is 4.79 Å². The van der Waals surface area contributed by atoms with Gasteiger partial charge in [-0.2, -0.15) is 0 Å². The molecule has 0 spiro atoms. The van der Waals surface area contributed by atoms with Gasteiger partial charge in [0.15, 0.2) is 11.6 Å². The number of para-hydroxylation sites is 1. The number of ketones is 1. The van der Waals surface area contributed by atoms with E-state index in [4.69, 9.17) is 47.4 Å². The lowest BCUT2D eigenvalue weighted by Crippen LogP contribution is -2.20. The Kier molecular flexibility index (Phi) is 8.58. The quantitative estimate of drug-likeness (QED) is 0.197. The predicted molar refractivity (Wildman–Crippen MR) is 162 cm³/mol. The van der Waals surface area contributed by atoms with E-state index < -0.39 is 0 Å². The van der Waals surface area contributed by atoms with Crippen LogP contribution in [0.3, 0.4) is 0 Å². The van der Waals surface area contributed by atoms with Gasteiger partial charge < -0.3 is 24.8 Å². The van der Waals surface area contributed by atoms with Crippen LogP contribution in [-0.2, 0) is 16.0 Å². The van der Waals surface area contributed by atoms with Crippen LogP contribution in [-0.4, -0.2) is 54.2 Å². The molecule has 41 heavy (non-hydrogen) atoms. The summed E-state index contributed by atoms with van der Waals surface area (Å²) >= 11 is 13.5. The highest BCUT2D eigenvalue weighted by Gasteiger charge is 2.23. The van der Waals surface area contributed by atoms with Crippen molar-refractivity contribution in [3.63, 3.8) is 0 Å². The molecule has 2 N–H and O–H groups in total. The monoisotopic (exact) mass is 593 g/mol. The number of hydrogen-bond donors (Lipinski definition) is 2. The second kappa shape index (κ2) is 12.3. The molecule has 9 nitrogen and oxygen atoms in total. The molecule has 0 amide bonds. The van der Waals surface area contributed by atoms with E-state index in [-0.39, 0.29) is 18.2 Å². The molecule has 0 bridgehead atoms. The zero-order chi connectivity index (χ0) is 29.1. The van der Waals surface area contributed by atoms with Crippen molar-refractivity contribution in [1.29, 1.82) is 0 Å². The average Bonchev–Trinajstić information content (AvgIpc) is 3.48. The van der Waals surface area contributed by atoms with E-state index in [0.717, 1.165) is 23.2 Å². The minimum atomic E-state index is -0.0772. The molecule has 1 aliphatic heterocycles. The van der Waals surface area contributed by atoms with Gasteiger partial charge in [0.2, 0.25) is 5.95 Å². The Morgan fingerprint density at radius 2 is 1.93 bits per heavy atom. The van der Waals surface area contributed by atoms with Crippen LogP contribution in [0.15, 0.2) is 49.2 Å². The number of benzene rings is 2. The predicted octanol–water partition coefficient (Wildman–Crippen LogP) is 6.57. The van der Waals surface area contributed by atoms with Crippen molar-refractivity contribution in [2.24, 2.45) is 0 Å². The third-order valence-electron chi connectivity index (χ3n) is 6.85. The van der Waals surface area contributed by atoms with Crippen LogP contribution in [0.1, 0.15) is 17.5 Å². The number of methoxy groups -OCH3 is 2. The topological polar surface area (TPSA) is 107 Å².